The Labute approximate surface area is 130 Å². The zero-order valence-corrected chi connectivity index (χ0v) is 14.6. The van der Waals surface area contributed by atoms with Gasteiger partial charge in [0, 0.05) is 0 Å². The number of hydrogen-bond donors (Lipinski definition) is 0. The molecule has 0 rings (SSSR count). The molecule has 0 aliphatic rings. The smallest absolute Gasteiger partial charge is 0.328 e. The molecule has 0 saturated carbocycles. The fourth-order valence-corrected chi connectivity index (χ4v) is 2.40. The van der Waals surface area contributed by atoms with E-state index in [1.807, 2.05) is 0 Å². The summed E-state index contributed by atoms with van der Waals surface area (Å²) in [5.41, 5.74) is 0. The molecule has 0 fully saturated rings. The fraction of sp³-hybridized carbons (Fsp3) is 1.00. The van der Waals surface area contributed by atoms with Crippen molar-refractivity contribution in [2.24, 2.45) is 0 Å². The van der Waals surface area contributed by atoms with Crippen LogP contribution in [0.4, 0.5) is 13.2 Å². The Morgan fingerprint density at radius 2 is 0.905 bits per heavy atom. The van der Waals surface area contributed by atoms with Gasteiger partial charge in [-0.3, -0.25) is 0 Å². The van der Waals surface area contributed by atoms with Crippen molar-refractivity contribution in [3.05, 3.63) is 0 Å². The largest absolute Gasteiger partial charge is 0.379 e. The summed E-state index contributed by atoms with van der Waals surface area (Å²) in [7, 11) is 4.80. The number of rotatable bonds is 12. The Hall–Kier alpha value is -0.250. The minimum absolute atomic E-state index is 1.23. The average molecular weight is 312 g/mol. The second-order valence-electron chi connectivity index (χ2n) is 6.46. The molecule has 0 N–H and O–H groups in total. The average Bonchev–Trinajstić information content (AvgIpc) is 2.38. The summed E-state index contributed by atoms with van der Waals surface area (Å²) >= 11 is 0. The van der Waals surface area contributed by atoms with Gasteiger partial charge in [-0.25, -0.2) is 0 Å². The van der Waals surface area contributed by atoms with E-state index in [0.29, 0.717) is 0 Å². The van der Waals surface area contributed by atoms with Crippen LogP contribution in [-0.2, 0) is 0 Å². The van der Waals surface area contributed by atoms with Crippen molar-refractivity contribution < 1.29 is 17.7 Å². The lowest BCUT2D eigenvalue weighted by atomic mass is 10.1. The molecule has 0 aromatic heterocycles. The summed E-state index contributed by atoms with van der Waals surface area (Å²) in [6, 6.07) is 0. The predicted molar refractivity (Wildman–Crippen MR) is 86.5 cm³/mol. The molecule has 0 bridgehead atoms. The van der Waals surface area contributed by atoms with Crippen molar-refractivity contribution in [1.29, 1.82) is 0 Å². The van der Waals surface area contributed by atoms with E-state index in [9.17, 15) is 13.2 Å². The molecule has 21 heavy (non-hydrogen) atoms. The van der Waals surface area contributed by atoms with Gasteiger partial charge in [-0.1, -0.05) is 52.4 Å². The second-order valence-corrected chi connectivity index (χ2v) is 6.46. The van der Waals surface area contributed by atoms with Crippen molar-refractivity contribution in [2.45, 2.75) is 84.7 Å². The molecule has 0 spiro atoms. The lowest BCUT2D eigenvalue weighted by molar-refractivity contribution is -0.890. The number of unbranched alkanes of at least 4 members (excludes halogenated alkanes) is 8. The van der Waals surface area contributed by atoms with E-state index < -0.39 is 6.68 Å². The van der Waals surface area contributed by atoms with Crippen molar-refractivity contribution in [1.82, 2.24) is 0 Å². The molecular formula is C17H37F3N+. The first kappa shape index (κ1) is 23.0. The lowest BCUT2D eigenvalue weighted by Crippen LogP contribution is -2.41. The van der Waals surface area contributed by atoms with Crippen LogP contribution in [0.15, 0.2) is 0 Å². The van der Waals surface area contributed by atoms with Gasteiger partial charge in [-0.2, -0.15) is 13.2 Å². The molecular weight excluding hydrogens is 275 g/mol. The number of hydrogen-bond acceptors (Lipinski definition) is 0. The van der Waals surface area contributed by atoms with E-state index >= 15 is 0 Å². The maximum Gasteiger partial charge on any atom is 0.379 e. The van der Waals surface area contributed by atoms with Crippen LogP contribution in [0.1, 0.15) is 78.1 Å². The molecule has 0 atom stereocenters. The molecule has 0 aromatic rings. The van der Waals surface area contributed by atoms with Gasteiger partial charge in [0.2, 0.25) is 0 Å². The quantitative estimate of drug-likeness (QED) is 0.298. The molecule has 4 heteroatoms. The molecule has 0 amide bonds. The van der Waals surface area contributed by atoms with Gasteiger partial charge in [0.1, 0.15) is 0 Å². The maximum atomic E-state index is 9.67. The molecule has 130 valence electrons. The Kier molecular flexibility index (Phi) is 17.7. The van der Waals surface area contributed by atoms with E-state index in [0.717, 1.165) is 0 Å². The Bertz CT molecular complexity index is 194. The van der Waals surface area contributed by atoms with Gasteiger partial charge >= 0.3 is 6.68 Å². The van der Waals surface area contributed by atoms with Gasteiger partial charge in [-0.05, 0) is 25.7 Å². The van der Waals surface area contributed by atoms with Gasteiger partial charge < -0.3 is 4.48 Å². The number of alkyl halides is 3. The first-order chi connectivity index (χ1) is 9.85. The fourth-order valence-electron chi connectivity index (χ4n) is 2.40. The van der Waals surface area contributed by atoms with Gasteiger partial charge in [0.05, 0.1) is 27.2 Å². The number of halogens is 3. The monoisotopic (exact) mass is 312 g/mol. The Morgan fingerprint density at radius 3 is 1.29 bits per heavy atom. The first-order valence-corrected chi connectivity index (χ1v) is 8.60. The zero-order chi connectivity index (χ0) is 16.6. The van der Waals surface area contributed by atoms with E-state index in [1.54, 1.807) is 0 Å². The van der Waals surface area contributed by atoms with Crippen LogP contribution in [-0.4, -0.2) is 38.3 Å². The van der Waals surface area contributed by atoms with Crippen LogP contribution in [0.25, 0.3) is 0 Å². The van der Waals surface area contributed by atoms with Crippen molar-refractivity contribution >= 4 is 0 Å². The number of quaternary nitrogens is 1. The summed E-state index contributed by atoms with van der Waals surface area (Å²) < 4.78 is 30.2. The molecule has 0 aromatic carbocycles. The van der Waals surface area contributed by atoms with Gasteiger partial charge in [0.25, 0.3) is 0 Å². The van der Waals surface area contributed by atoms with Gasteiger partial charge in [-0.15, -0.1) is 0 Å². The lowest BCUT2D eigenvalue weighted by Gasteiger charge is -2.30. The zero-order valence-electron chi connectivity index (χ0n) is 14.6. The molecule has 0 heterocycles. The van der Waals surface area contributed by atoms with Crippen molar-refractivity contribution in [3.8, 4) is 0 Å². The second kappa shape index (κ2) is 16.1. The molecule has 0 aliphatic carbocycles. The minimum atomic E-state index is -3.67. The third-order valence-corrected chi connectivity index (χ3v) is 3.73. The minimum Gasteiger partial charge on any atom is -0.328 e. The highest BCUT2D eigenvalue weighted by atomic mass is 19.4. The summed E-state index contributed by atoms with van der Waals surface area (Å²) in [5.74, 6) is 0. The highest BCUT2D eigenvalue weighted by Gasteiger charge is 2.13. The van der Waals surface area contributed by atoms with Crippen molar-refractivity contribution in [3.63, 3.8) is 0 Å². The van der Waals surface area contributed by atoms with Crippen LogP contribution in [0.2, 0.25) is 0 Å². The standard InChI is InChI=1S/C16H36N.CHF3/c1-5-7-9-11-12-14-16-17(3,4)15-13-10-8-6-2;2-1(3)4/h5-16H2,1-4H3;1H/q+1;. The van der Waals surface area contributed by atoms with E-state index in [4.69, 9.17) is 0 Å². The summed E-state index contributed by atoms with van der Waals surface area (Å²) in [4.78, 5) is 0. The number of nitrogens with zero attached hydrogens (tertiary/aromatic N) is 1. The maximum absolute atomic E-state index is 9.67. The summed E-state index contributed by atoms with van der Waals surface area (Å²) in [6.07, 6.45) is 14.1. The topological polar surface area (TPSA) is 0 Å². The first-order valence-electron chi connectivity index (χ1n) is 8.60. The van der Waals surface area contributed by atoms with Crippen LogP contribution in [0, 0.1) is 0 Å². The Balaban J connectivity index is 0. The third-order valence-electron chi connectivity index (χ3n) is 3.73. The van der Waals surface area contributed by atoms with Crippen LogP contribution < -0.4 is 0 Å². The van der Waals surface area contributed by atoms with E-state index in [2.05, 4.69) is 27.9 Å². The van der Waals surface area contributed by atoms with Crippen LogP contribution in [0.5, 0.6) is 0 Å². The Morgan fingerprint density at radius 1 is 0.619 bits per heavy atom. The van der Waals surface area contributed by atoms with E-state index in [-0.39, 0.29) is 0 Å². The molecule has 0 radical (unpaired) electrons. The molecule has 0 aliphatic heterocycles. The van der Waals surface area contributed by atoms with E-state index in [1.165, 1.54) is 81.8 Å². The van der Waals surface area contributed by atoms with Crippen molar-refractivity contribution in [2.75, 3.05) is 27.2 Å². The third kappa shape index (κ3) is 25.1. The molecule has 0 unspecified atom stereocenters. The molecule has 1 nitrogen and oxygen atoms in total. The normalized spacial score (nSPS) is 11.4. The summed E-state index contributed by atoms with van der Waals surface area (Å²) in [5, 5.41) is 0. The molecule has 0 saturated heterocycles. The summed E-state index contributed by atoms with van der Waals surface area (Å²) in [6.45, 7) is 3.65. The van der Waals surface area contributed by atoms with Crippen LogP contribution >= 0.6 is 0 Å². The highest BCUT2D eigenvalue weighted by Crippen LogP contribution is 2.10. The van der Waals surface area contributed by atoms with Crippen LogP contribution in [0.3, 0.4) is 0 Å². The van der Waals surface area contributed by atoms with Gasteiger partial charge in [0.15, 0.2) is 0 Å². The SMILES string of the molecule is CCCCCCCC[N+](C)(C)CCCCCC.FC(F)F. The predicted octanol–water partition coefficient (Wildman–Crippen LogP) is 6.18. The highest BCUT2D eigenvalue weighted by molar-refractivity contribution is 4.45.